The van der Waals surface area contributed by atoms with Gasteiger partial charge in [0.25, 0.3) is 0 Å². The highest BCUT2D eigenvalue weighted by molar-refractivity contribution is 5.55. The van der Waals surface area contributed by atoms with Gasteiger partial charge in [0.15, 0.2) is 0 Å². The van der Waals surface area contributed by atoms with Crippen molar-refractivity contribution in [2.75, 3.05) is 5.32 Å². The zero-order valence-electron chi connectivity index (χ0n) is 14.3. The summed E-state index contributed by atoms with van der Waals surface area (Å²) in [6.07, 6.45) is -3.73. The first-order valence-corrected chi connectivity index (χ1v) is 7.86. The topological polar surface area (TPSA) is 79.4 Å². The summed E-state index contributed by atoms with van der Waals surface area (Å²) in [5.74, 6) is -0.943. The molecule has 1 aliphatic rings. The Balaban J connectivity index is 1.93. The number of hydrogen-bond donors (Lipinski definition) is 1. The molecule has 0 aliphatic heterocycles. The normalized spacial score (nSPS) is 19.9. The third-order valence-corrected chi connectivity index (χ3v) is 4.18. The summed E-state index contributed by atoms with van der Waals surface area (Å²) in [6.45, 7) is 5.02. The summed E-state index contributed by atoms with van der Waals surface area (Å²) in [7, 11) is 0. The highest BCUT2D eigenvalue weighted by atomic mass is 19.4. The molecule has 2 heterocycles. The molecule has 138 valence electrons. The van der Waals surface area contributed by atoms with Gasteiger partial charge in [-0.3, -0.25) is 4.68 Å². The smallest absolute Gasteiger partial charge is 0.321 e. The van der Waals surface area contributed by atoms with E-state index in [4.69, 9.17) is 0 Å². The van der Waals surface area contributed by atoms with Crippen molar-refractivity contribution in [2.24, 2.45) is 0 Å². The molecule has 1 fully saturated rings. The Hall–Kier alpha value is -2.70. The van der Waals surface area contributed by atoms with Crippen LogP contribution in [0.2, 0.25) is 0 Å². The van der Waals surface area contributed by atoms with Gasteiger partial charge in [-0.05, 0) is 27.2 Å². The Morgan fingerprint density at radius 3 is 2.54 bits per heavy atom. The summed E-state index contributed by atoms with van der Waals surface area (Å²) in [5.41, 5.74) is -1.29. The maximum absolute atomic E-state index is 13.3. The van der Waals surface area contributed by atoms with E-state index in [9.17, 15) is 22.8 Å². The van der Waals surface area contributed by atoms with Gasteiger partial charge < -0.3 is 5.32 Å². The van der Waals surface area contributed by atoms with Crippen molar-refractivity contribution in [3.05, 3.63) is 29.3 Å². The van der Waals surface area contributed by atoms with Crippen LogP contribution in [-0.2, 0) is 11.7 Å². The molecule has 0 bridgehead atoms. The van der Waals surface area contributed by atoms with Gasteiger partial charge in [-0.15, -0.1) is 0 Å². The van der Waals surface area contributed by atoms with E-state index in [1.165, 1.54) is 4.68 Å². The highest BCUT2D eigenvalue weighted by Gasteiger charge is 2.46. The molecule has 0 saturated heterocycles. The van der Waals surface area contributed by atoms with E-state index >= 15 is 0 Å². The van der Waals surface area contributed by atoms with Gasteiger partial charge >= 0.3 is 6.18 Å². The zero-order chi connectivity index (χ0) is 19.3. The Labute approximate surface area is 146 Å². The van der Waals surface area contributed by atoms with Crippen molar-refractivity contribution in [1.82, 2.24) is 19.7 Å². The maximum Gasteiger partial charge on any atom is 0.419 e. The molecular formula is C16H16F4N6. The molecule has 0 spiro atoms. The predicted molar refractivity (Wildman–Crippen MR) is 84.5 cm³/mol. The second-order valence-corrected chi connectivity index (χ2v) is 6.72. The molecule has 1 saturated carbocycles. The third-order valence-electron chi connectivity index (χ3n) is 4.18. The van der Waals surface area contributed by atoms with E-state index in [0.717, 1.165) is 0 Å². The average molecular weight is 368 g/mol. The first kappa shape index (κ1) is 18.1. The van der Waals surface area contributed by atoms with Crippen LogP contribution in [0.15, 0.2) is 12.4 Å². The molecule has 2 aromatic heterocycles. The summed E-state index contributed by atoms with van der Waals surface area (Å²) < 4.78 is 54.1. The molecule has 3 rings (SSSR count). The number of nitrogens with one attached hydrogen (secondary N) is 1. The van der Waals surface area contributed by atoms with Crippen molar-refractivity contribution >= 4 is 11.6 Å². The predicted octanol–water partition coefficient (Wildman–Crippen LogP) is 3.83. The number of halogens is 4. The van der Waals surface area contributed by atoms with Crippen LogP contribution in [-0.4, -0.2) is 25.9 Å². The van der Waals surface area contributed by atoms with Crippen LogP contribution < -0.4 is 5.32 Å². The molecule has 0 unspecified atom stereocenters. The Morgan fingerprint density at radius 1 is 1.35 bits per heavy atom. The molecule has 1 aliphatic carbocycles. The zero-order valence-corrected chi connectivity index (χ0v) is 14.3. The van der Waals surface area contributed by atoms with Crippen molar-refractivity contribution < 1.29 is 17.6 Å². The minimum atomic E-state index is -4.65. The lowest BCUT2D eigenvalue weighted by Gasteiger charge is -2.15. The van der Waals surface area contributed by atoms with Crippen LogP contribution >= 0.6 is 0 Å². The standard InChI is InChI=1S/C16H16F4N6/c1-8-12(6-26(25-8)15(2,3)7-21)23-14-22-5-10(16(18,19)20)13(24-14)9-4-11(9)17/h5-6,9,11H,4H2,1-3H3,(H,22,23,24)/t9-,11-/m0/s1. The van der Waals surface area contributed by atoms with Crippen LogP contribution in [0.1, 0.15) is 43.1 Å². The van der Waals surface area contributed by atoms with Crippen LogP contribution in [0.3, 0.4) is 0 Å². The van der Waals surface area contributed by atoms with Crippen LogP contribution in [0.25, 0.3) is 0 Å². The van der Waals surface area contributed by atoms with E-state index < -0.39 is 29.4 Å². The van der Waals surface area contributed by atoms with Gasteiger partial charge in [-0.25, -0.2) is 14.4 Å². The van der Waals surface area contributed by atoms with Crippen molar-refractivity contribution in [3.8, 4) is 6.07 Å². The number of nitrogens with zero attached hydrogens (tertiary/aromatic N) is 5. The first-order valence-electron chi connectivity index (χ1n) is 7.86. The molecule has 0 aromatic carbocycles. The van der Waals surface area contributed by atoms with E-state index in [1.807, 2.05) is 0 Å². The monoisotopic (exact) mass is 368 g/mol. The van der Waals surface area contributed by atoms with Crippen molar-refractivity contribution in [3.63, 3.8) is 0 Å². The summed E-state index contributed by atoms with van der Waals surface area (Å²) >= 11 is 0. The minimum absolute atomic E-state index is 0.0207. The lowest BCUT2D eigenvalue weighted by Crippen LogP contribution is -2.24. The second-order valence-electron chi connectivity index (χ2n) is 6.72. The molecule has 0 radical (unpaired) electrons. The number of alkyl halides is 4. The Kier molecular flexibility index (Phi) is 4.13. The number of rotatable bonds is 4. The summed E-state index contributed by atoms with van der Waals surface area (Å²) in [6, 6.07) is 2.10. The number of aromatic nitrogens is 4. The summed E-state index contributed by atoms with van der Waals surface area (Å²) in [5, 5.41) is 16.2. The van der Waals surface area contributed by atoms with E-state index in [1.54, 1.807) is 27.0 Å². The average Bonchev–Trinajstić information content (AvgIpc) is 3.17. The first-order chi connectivity index (χ1) is 12.0. The number of aryl methyl sites for hydroxylation is 1. The largest absolute Gasteiger partial charge is 0.419 e. The Bertz CT molecular complexity index is 880. The Morgan fingerprint density at radius 2 is 2.00 bits per heavy atom. The van der Waals surface area contributed by atoms with Crippen molar-refractivity contribution in [1.29, 1.82) is 5.26 Å². The van der Waals surface area contributed by atoms with Crippen molar-refractivity contribution in [2.45, 2.75) is 51.0 Å². The molecule has 2 aromatic rings. The number of nitriles is 1. The highest BCUT2D eigenvalue weighted by Crippen LogP contribution is 2.47. The van der Waals surface area contributed by atoms with E-state index in [-0.39, 0.29) is 18.1 Å². The fourth-order valence-electron chi connectivity index (χ4n) is 2.44. The fraction of sp³-hybridized carbons (Fsp3) is 0.500. The SMILES string of the molecule is Cc1nn(C(C)(C)C#N)cc1Nc1ncc(C(F)(F)F)c([C@H]2C[C@@H]2F)n1. The third kappa shape index (κ3) is 3.34. The quantitative estimate of drug-likeness (QED) is 0.830. The number of hydrogen-bond acceptors (Lipinski definition) is 5. The summed E-state index contributed by atoms with van der Waals surface area (Å²) in [4.78, 5) is 7.60. The molecule has 6 nitrogen and oxygen atoms in total. The van der Waals surface area contributed by atoms with Gasteiger partial charge in [0.05, 0.1) is 34.9 Å². The molecule has 2 atom stereocenters. The van der Waals surface area contributed by atoms with E-state index in [0.29, 0.717) is 17.6 Å². The van der Waals surface area contributed by atoms with Gasteiger partial charge in [-0.2, -0.15) is 23.5 Å². The van der Waals surface area contributed by atoms with Gasteiger partial charge in [0.2, 0.25) is 5.95 Å². The molecule has 10 heteroatoms. The van der Waals surface area contributed by atoms with Crippen LogP contribution in [0, 0.1) is 18.3 Å². The molecular weight excluding hydrogens is 352 g/mol. The maximum atomic E-state index is 13.3. The van der Waals surface area contributed by atoms with E-state index in [2.05, 4.69) is 26.5 Å². The second kappa shape index (κ2) is 5.93. The lowest BCUT2D eigenvalue weighted by atomic mass is 10.1. The molecule has 0 amide bonds. The fourth-order valence-corrected chi connectivity index (χ4v) is 2.44. The lowest BCUT2D eigenvalue weighted by molar-refractivity contribution is -0.138. The number of anilines is 2. The molecule has 26 heavy (non-hydrogen) atoms. The van der Waals surface area contributed by atoms with Crippen LogP contribution in [0.4, 0.5) is 29.2 Å². The minimum Gasteiger partial charge on any atom is -0.321 e. The van der Waals surface area contributed by atoms with Gasteiger partial charge in [0, 0.05) is 12.1 Å². The van der Waals surface area contributed by atoms with Crippen LogP contribution in [0.5, 0.6) is 0 Å². The molecule has 1 N–H and O–H groups in total. The van der Waals surface area contributed by atoms with Gasteiger partial charge in [-0.1, -0.05) is 0 Å². The van der Waals surface area contributed by atoms with Gasteiger partial charge in [0.1, 0.15) is 11.7 Å².